The van der Waals surface area contributed by atoms with Gasteiger partial charge in [0.05, 0.1) is 16.9 Å². The van der Waals surface area contributed by atoms with Crippen molar-refractivity contribution in [2.24, 2.45) is 0 Å². The van der Waals surface area contributed by atoms with E-state index in [1.54, 1.807) is 0 Å². The second-order valence-corrected chi connectivity index (χ2v) is 19.6. The molecule has 10 aromatic rings. The largest absolute Gasteiger partial charge is 0.507 e. The van der Waals surface area contributed by atoms with E-state index in [4.69, 9.17) is 15.0 Å². The number of fused-ring (bicyclic) bond motifs is 1. The molecule has 0 aliphatic heterocycles. The molecule has 0 unspecified atom stereocenters. The summed E-state index contributed by atoms with van der Waals surface area (Å²) >= 11 is 0. The van der Waals surface area contributed by atoms with Gasteiger partial charge in [0.25, 0.3) is 0 Å². The number of pyridine rings is 2. The maximum Gasteiger partial charge on any atom is 0.165 e. The van der Waals surface area contributed by atoms with Crippen LogP contribution < -0.4 is 0 Å². The molecule has 0 amide bonds. The first-order chi connectivity index (χ1) is 32.3. The van der Waals surface area contributed by atoms with E-state index in [1.165, 1.54) is 11.1 Å². The molecular formula is C62H54N4O. The van der Waals surface area contributed by atoms with Gasteiger partial charge < -0.3 is 5.11 Å². The highest BCUT2D eigenvalue weighted by molar-refractivity contribution is 5.97. The number of aromatic nitrogens is 4. The molecule has 5 nitrogen and oxygen atoms in total. The molecule has 67 heavy (non-hydrogen) atoms. The summed E-state index contributed by atoms with van der Waals surface area (Å²) in [6.07, 6.45) is 3.87. The standard InChI is InChI=1S/C62H54N4O/c1-40-39-64-55(38-52(40)45-29-27-43(28-30-45)41-19-11-8-12-20-41)48-34-46(42-21-13-9-14-22-42)33-47(35-48)51-31-32-63-60-57(51)65-59(53-36-49(61(2,3)4)37-54(58(53)67)62(5,6)7)66(60)56-26-18-17-25-50(56)44-23-15-10-16-24-44/h8-39,67H,1-7H3. The fourth-order valence-corrected chi connectivity index (χ4v) is 9.15. The van der Waals surface area contributed by atoms with Crippen molar-refractivity contribution in [3.8, 4) is 89.7 Å². The quantitative estimate of drug-likeness (QED) is 0.165. The predicted octanol–water partition coefficient (Wildman–Crippen LogP) is 16.1. The zero-order valence-corrected chi connectivity index (χ0v) is 39.2. The highest BCUT2D eigenvalue weighted by Crippen LogP contribution is 2.45. The Balaban J connectivity index is 1.21. The normalized spacial score (nSPS) is 11.9. The monoisotopic (exact) mass is 870 g/mol. The summed E-state index contributed by atoms with van der Waals surface area (Å²) in [5, 5.41) is 12.5. The average molecular weight is 871 g/mol. The maximum absolute atomic E-state index is 12.5. The topological polar surface area (TPSA) is 63.8 Å². The fraction of sp³-hybridized carbons (Fsp3) is 0.145. The number of para-hydroxylation sites is 1. The summed E-state index contributed by atoms with van der Waals surface area (Å²) in [7, 11) is 0. The Labute approximate surface area is 394 Å². The summed E-state index contributed by atoms with van der Waals surface area (Å²) in [6.45, 7) is 15.2. The van der Waals surface area contributed by atoms with Gasteiger partial charge in [0.15, 0.2) is 11.5 Å². The Hall–Kier alpha value is -7.89. The van der Waals surface area contributed by atoms with Gasteiger partial charge >= 0.3 is 0 Å². The SMILES string of the molecule is Cc1cnc(-c2cc(-c3ccccc3)cc(-c3ccnc4c3nc(-c3cc(C(C)(C)C)cc(C(C)(C)C)c3O)n4-c3ccccc3-c3ccccc3)c2)cc1-c1ccc(-c2ccccc2)cc1. The second-order valence-electron chi connectivity index (χ2n) is 19.6. The van der Waals surface area contributed by atoms with Crippen molar-refractivity contribution in [3.63, 3.8) is 0 Å². The van der Waals surface area contributed by atoms with Crippen molar-refractivity contribution in [1.29, 1.82) is 0 Å². The lowest BCUT2D eigenvalue weighted by atomic mass is 9.79. The van der Waals surface area contributed by atoms with E-state index in [2.05, 4.69) is 217 Å². The van der Waals surface area contributed by atoms with E-state index in [1.807, 2.05) is 30.6 Å². The molecule has 5 heteroatoms. The minimum atomic E-state index is -0.341. The van der Waals surface area contributed by atoms with E-state index in [0.717, 1.165) is 83.7 Å². The summed E-state index contributed by atoms with van der Waals surface area (Å²) in [6, 6.07) is 63.9. The van der Waals surface area contributed by atoms with Gasteiger partial charge in [-0.1, -0.05) is 181 Å². The summed E-state index contributed by atoms with van der Waals surface area (Å²) in [5.41, 5.74) is 18.2. The van der Waals surface area contributed by atoms with Gasteiger partial charge in [-0.2, -0.15) is 0 Å². The van der Waals surface area contributed by atoms with Crippen LogP contribution in [-0.2, 0) is 10.8 Å². The van der Waals surface area contributed by atoms with Crippen molar-refractivity contribution in [2.45, 2.75) is 59.3 Å². The van der Waals surface area contributed by atoms with E-state index in [-0.39, 0.29) is 16.6 Å². The van der Waals surface area contributed by atoms with Crippen molar-refractivity contribution < 1.29 is 5.11 Å². The van der Waals surface area contributed by atoms with Crippen LogP contribution in [0.15, 0.2) is 194 Å². The lowest BCUT2D eigenvalue weighted by Crippen LogP contribution is -2.17. The number of phenolic OH excluding ortho intramolecular Hbond substituents is 1. The molecule has 0 aliphatic rings. The molecule has 1 N–H and O–H groups in total. The number of aryl methyl sites for hydroxylation is 1. The van der Waals surface area contributed by atoms with Crippen LogP contribution in [-0.4, -0.2) is 24.6 Å². The highest BCUT2D eigenvalue weighted by atomic mass is 16.3. The van der Waals surface area contributed by atoms with Crippen LogP contribution in [0.3, 0.4) is 0 Å². The Kier molecular flexibility index (Phi) is 11.0. The number of imidazole rings is 1. The van der Waals surface area contributed by atoms with Crippen LogP contribution in [0, 0.1) is 6.92 Å². The molecule has 0 saturated carbocycles. The molecule has 0 saturated heterocycles. The number of rotatable bonds is 8. The average Bonchev–Trinajstić information content (AvgIpc) is 3.74. The third-order valence-electron chi connectivity index (χ3n) is 12.9. The number of phenols is 1. The molecule has 0 bridgehead atoms. The Morgan fingerprint density at radius 1 is 0.448 bits per heavy atom. The lowest BCUT2D eigenvalue weighted by Gasteiger charge is -2.27. The molecule has 0 fully saturated rings. The van der Waals surface area contributed by atoms with Gasteiger partial charge in [-0.05, 0) is 116 Å². The van der Waals surface area contributed by atoms with Crippen molar-refractivity contribution in [3.05, 3.63) is 211 Å². The zero-order valence-electron chi connectivity index (χ0n) is 39.2. The smallest absolute Gasteiger partial charge is 0.165 e. The number of aromatic hydroxyl groups is 1. The van der Waals surface area contributed by atoms with Crippen molar-refractivity contribution >= 4 is 11.2 Å². The predicted molar refractivity (Wildman–Crippen MR) is 279 cm³/mol. The van der Waals surface area contributed by atoms with Gasteiger partial charge in [0.2, 0.25) is 0 Å². The molecule has 0 aliphatic carbocycles. The number of hydrogen-bond acceptors (Lipinski definition) is 4. The molecule has 0 spiro atoms. The zero-order chi connectivity index (χ0) is 46.5. The Bertz CT molecular complexity index is 3410. The van der Waals surface area contributed by atoms with Crippen LogP contribution in [0.2, 0.25) is 0 Å². The van der Waals surface area contributed by atoms with Crippen LogP contribution in [0.4, 0.5) is 0 Å². The summed E-state index contributed by atoms with van der Waals surface area (Å²) < 4.78 is 2.15. The van der Waals surface area contributed by atoms with E-state index >= 15 is 0 Å². The van der Waals surface area contributed by atoms with Gasteiger partial charge in [0.1, 0.15) is 11.3 Å². The van der Waals surface area contributed by atoms with Gasteiger partial charge in [-0.25, -0.2) is 9.97 Å². The van der Waals surface area contributed by atoms with Crippen molar-refractivity contribution in [2.75, 3.05) is 0 Å². The van der Waals surface area contributed by atoms with Gasteiger partial charge in [-0.3, -0.25) is 9.55 Å². The number of hydrogen-bond donors (Lipinski definition) is 1. The number of benzene rings is 7. The minimum Gasteiger partial charge on any atom is -0.507 e. The fourth-order valence-electron chi connectivity index (χ4n) is 9.15. The summed E-state index contributed by atoms with van der Waals surface area (Å²) in [4.78, 5) is 15.8. The van der Waals surface area contributed by atoms with Gasteiger partial charge in [-0.15, -0.1) is 0 Å². The first-order valence-electron chi connectivity index (χ1n) is 23.1. The van der Waals surface area contributed by atoms with E-state index < -0.39 is 0 Å². The Morgan fingerprint density at radius 2 is 1.00 bits per heavy atom. The van der Waals surface area contributed by atoms with Gasteiger partial charge in [0, 0.05) is 34.6 Å². The maximum atomic E-state index is 12.5. The van der Waals surface area contributed by atoms with Crippen LogP contribution >= 0.6 is 0 Å². The molecule has 10 rings (SSSR count). The molecule has 0 radical (unpaired) electrons. The van der Waals surface area contributed by atoms with Crippen molar-refractivity contribution in [1.82, 2.24) is 19.5 Å². The van der Waals surface area contributed by atoms with Crippen LogP contribution in [0.5, 0.6) is 5.75 Å². The first kappa shape index (κ1) is 43.0. The lowest BCUT2D eigenvalue weighted by molar-refractivity contribution is 0.446. The molecule has 328 valence electrons. The third-order valence-corrected chi connectivity index (χ3v) is 12.9. The van der Waals surface area contributed by atoms with Crippen LogP contribution in [0.1, 0.15) is 58.2 Å². The number of nitrogens with zero attached hydrogens (tertiary/aromatic N) is 4. The molecule has 3 heterocycles. The molecule has 0 atom stereocenters. The molecule has 7 aromatic carbocycles. The Morgan fingerprint density at radius 3 is 1.66 bits per heavy atom. The van der Waals surface area contributed by atoms with E-state index in [9.17, 15) is 5.11 Å². The second kappa shape index (κ2) is 17.2. The van der Waals surface area contributed by atoms with Crippen LogP contribution in [0.25, 0.3) is 95.1 Å². The molecular weight excluding hydrogens is 817 g/mol. The van der Waals surface area contributed by atoms with E-state index in [0.29, 0.717) is 17.0 Å². The summed E-state index contributed by atoms with van der Waals surface area (Å²) in [5.74, 6) is 0.843. The third kappa shape index (κ3) is 8.34. The highest BCUT2D eigenvalue weighted by Gasteiger charge is 2.29. The first-order valence-corrected chi connectivity index (χ1v) is 23.1. The minimum absolute atomic E-state index is 0.200. The molecule has 3 aromatic heterocycles.